The Morgan fingerprint density at radius 3 is 2.16 bits per heavy atom. The zero-order chi connectivity index (χ0) is 26.3. The van der Waals surface area contributed by atoms with E-state index in [4.69, 9.17) is 5.73 Å². The van der Waals surface area contributed by atoms with Crippen molar-refractivity contribution in [3.63, 3.8) is 0 Å². The van der Waals surface area contributed by atoms with Crippen molar-refractivity contribution >= 4 is 23.5 Å². The molecule has 2 bridgehead atoms. The maximum Gasteiger partial charge on any atom is 0.253 e. The average molecular weight is 505 g/mol. The molecule has 9 heteroatoms. The van der Waals surface area contributed by atoms with Crippen LogP contribution < -0.4 is 21.3 Å². The summed E-state index contributed by atoms with van der Waals surface area (Å²) in [4.78, 5) is 46.6. The molecule has 0 aliphatic carbocycles. The number of benzene rings is 1. The Labute approximate surface area is 217 Å². The molecule has 37 heavy (non-hydrogen) atoms. The number of carbonyl (C=O) groups excluding carboxylic acids is 3. The van der Waals surface area contributed by atoms with Gasteiger partial charge in [-0.1, -0.05) is 0 Å². The molecule has 4 heterocycles. The number of carbonyl (C=O) groups is 3. The SMILES string of the molecule is Cc1cc(C(=O)NC2CC3CCC(C2)N3c2ccc(C(=O)N[C@@H]3CCN(C)C3)cn2)c(C)cc1C(N)=O. The number of amides is 3. The van der Waals surface area contributed by atoms with E-state index in [2.05, 4.69) is 32.5 Å². The maximum absolute atomic E-state index is 13.1. The summed E-state index contributed by atoms with van der Waals surface area (Å²) in [6.45, 7) is 5.51. The highest BCUT2D eigenvalue weighted by atomic mass is 16.2. The highest BCUT2D eigenvalue weighted by molar-refractivity contribution is 5.99. The highest BCUT2D eigenvalue weighted by Crippen LogP contribution is 2.38. The minimum atomic E-state index is -0.486. The number of nitrogens with zero attached hydrogens (tertiary/aromatic N) is 3. The molecule has 3 aliphatic rings. The summed E-state index contributed by atoms with van der Waals surface area (Å²) in [6.07, 6.45) is 6.46. The zero-order valence-corrected chi connectivity index (χ0v) is 21.8. The molecule has 0 spiro atoms. The topological polar surface area (TPSA) is 121 Å². The second-order valence-corrected chi connectivity index (χ2v) is 10.9. The van der Waals surface area contributed by atoms with Crippen molar-refractivity contribution in [2.45, 2.75) is 70.1 Å². The molecule has 1 aromatic heterocycles. The smallest absolute Gasteiger partial charge is 0.253 e. The van der Waals surface area contributed by atoms with Crippen molar-refractivity contribution in [3.05, 3.63) is 58.3 Å². The lowest BCUT2D eigenvalue weighted by Crippen LogP contribution is -2.51. The Kier molecular flexibility index (Phi) is 6.90. The van der Waals surface area contributed by atoms with Crippen LogP contribution in [0.25, 0.3) is 0 Å². The van der Waals surface area contributed by atoms with Crippen molar-refractivity contribution in [2.75, 3.05) is 25.0 Å². The van der Waals surface area contributed by atoms with Crippen molar-refractivity contribution in [1.82, 2.24) is 20.5 Å². The van der Waals surface area contributed by atoms with E-state index in [1.807, 2.05) is 19.1 Å². The van der Waals surface area contributed by atoms with E-state index in [0.29, 0.717) is 34.3 Å². The van der Waals surface area contributed by atoms with Crippen LogP contribution in [0.2, 0.25) is 0 Å². The number of rotatable bonds is 6. The van der Waals surface area contributed by atoms with Crippen molar-refractivity contribution in [1.29, 1.82) is 0 Å². The molecule has 2 aromatic rings. The minimum Gasteiger partial charge on any atom is -0.366 e. The largest absolute Gasteiger partial charge is 0.366 e. The fourth-order valence-corrected chi connectivity index (χ4v) is 6.25. The number of nitrogens with one attached hydrogen (secondary N) is 2. The summed E-state index contributed by atoms with van der Waals surface area (Å²) in [5.74, 6) is 0.220. The number of piperidine rings is 1. The van der Waals surface area contributed by atoms with Crippen LogP contribution in [0.4, 0.5) is 5.82 Å². The Hall–Kier alpha value is -3.46. The van der Waals surface area contributed by atoms with E-state index in [-0.39, 0.29) is 23.9 Å². The van der Waals surface area contributed by atoms with Crippen LogP contribution in [0.3, 0.4) is 0 Å². The lowest BCUT2D eigenvalue weighted by atomic mass is 9.95. The van der Waals surface area contributed by atoms with Gasteiger partial charge in [-0.2, -0.15) is 0 Å². The first-order valence-electron chi connectivity index (χ1n) is 13.1. The van der Waals surface area contributed by atoms with Crippen LogP contribution in [-0.4, -0.2) is 71.9 Å². The van der Waals surface area contributed by atoms with E-state index in [9.17, 15) is 14.4 Å². The van der Waals surface area contributed by atoms with Crippen LogP contribution in [0.5, 0.6) is 0 Å². The standard InChI is InChI=1S/C28H36N6O3/c1-16-11-24(17(2)10-23(16)26(29)35)28(37)32-20-12-21-5-6-22(13-20)34(21)25-7-4-18(14-30-25)27(36)31-19-8-9-33(3)15-19/h4,7,10-11,14,19-22H,5-6,8-9,12-13,15H2,1-3H3,(H2,29,35)(H,31,36)(H,32,37)/t19-,20?,21?,22?/m1/s1. The summed E-state index contributed by atoms with van der Waals surface area (Å²) in [6, 6.07) is 8.12. The normalized spacial score (nSPS) is 25.2. The van der Waals surface area contributed by atoms with Gasteiger partial charge in [0.25, 0.3) is 11.8 Å². The molecule has 2 unspecified atom stereocenters. The lowest BCUT2D eigenvalue weighted by Gasteiger charge is -2.40. The molecule has 4 N–H and O–H groups in total. The third-order valence-electron chi connectivity index (χ3n) is 8.15. The van der Waals surface area contributed by atoms with Crippen LogP contribution >= 0.6 is 0 Å². The third kappa shape index (κ3) is 5.18. The van der Waals surface area contributed by atoms with Crippen LogP contribution in [0.15, 0.2) is 30.5 Å². The molecule has 0 radical (unpaired) electrons. The van der Waals surface area contributed by atoms with Crippen LogP contribution in [0, 0.1) is 13.8 Å². The van der Waals surface area contributed by atoms with Gasteiger partial charge in [-0.05, 0) is 94.9 Å². The first-order valence-corrected chi connectivity index (χ1v) is 13.1. The number of hydrogen-bond donors (Lipinski definition) is 3. The van der Waals surface area contributed by atoms with Gasteiger partial charge < -0.3 is 26.2 Å². The van der Waals surface area contributed by atoms with Gasteiger partial charge in [0.2, 0.25) is 5.91 Å². The molecule has 0 saturated carbocycles. The fraction of sp³-hybridized carbons (Fsp3) is 0.500. The number of hydrogen-bond acceptors (Lipinski definition) is 6. The molecule has 3 aliphatic heterocycles. The predicted molar refractivity (Wildman–Crippen MR) is 142 cm³/mol. The molecule has 9 nitrogen and oxygen atoms in total. The second kappa shape index (κ2) is 10.1. The number of likely N-dealkylation sites (tertiary alicyclic amines) is 1. The number of likely N-dealkylation sites (N-methyl/N-ethyl adjacent to an activating group) is 1. The van der Waals surface area contributed by atoms with Gasteiger partial charge in [0, 0.05) is 48.0 Å². The molecule has 1 aromatic carbocycles. The van der Waals surface area contributed by atoms with E-state index < -0.39 is 5.91 Å². The first kappa shape index (κ1) is 25.2. The van der Waals surface area contributed by atoms with E-state index in [1.54, 1.807) is 25.3 Å². The van der Waals surface area contributed by atoms with Gasteiger partial charge in [-0.15, -0.1) is 0 Å². The highest BCUT2D eigenvalue weighted by Gasteiger charge is 2.42. The number of pyridine rings is 1. The summed E-state index contributed by atoms with van der Waals surface area (Å²) in [5, 5.41) is 6.34. The van der Waals surface area contributed by atoms with E-state index >= 15 is 0 Å². The average Bonchev–Trinajstić information content (AvgIpc) is 3.39. The summed E-state index contributed by atoms with van der Waals surface area (Å²) < 4.78 is 0. The van der Waals surface area contributed by atoms with Gasteiger partial charge in [-0.25, -0.2) is 4.98 Å². The fourth-order valence-electron chi connectivity index (χ4n) is 6.25. The van der Waals surface area contributed by atoms with Crippen molar-refractivity contribution in [3.8, 4) is 0 Å². The monoisotopic (exact) mass is 504 g/mol. The van der Waals surface area contributed by atoms with Gasteiger partial charge in [0.1, 0.15) is 5.82 Å². The number of aromatic nitrogens is 1. The number of fused-ring (bicyclic) bond motifs is 2. The minimum absolute atomic E-state index is 0.0712. The van der Waals surface area contributed by atoms with Crippen LogP contribution in [0.1, 0.15) is 74.3 Å². The molecule has 3 amide bonds. The molecule has 5 rings (SSSR count). The summed E-state index contributed by atoms with van der Waals surface area (Å²) >= 11 is 0. The predicted octanol–water partition coefficient (Wildman–Crippen LogP) is 2.16. The number of aryl methyl sites for hydroxylation is 2. The van der Waals surface area contributed by atoms with Gasteiger partial charge >= 0.3 is 0 Å². The van der Waals surface area contributed by atoms with Gasteiger partial charge in [-0.3, -0.25) is 14.4 Å². The number of primary amides is 1. The third-order valence-corrected chi connectivity index (χ3v) is 8.15. The Balaban J connectivity index is 1.21. The molecule has 3 atom stereocenters. The van der Waals surface area contributed by atoms with E-state index in [1.165, 1.54) is 0 Å². The first-order chi connectivity index (χ1) is 17.7. The number of nitrogens with two attached hydrogens (primary N) is 1. The lowest BCUT2D eigenvalue weighted by molar-refractivity contribution is 0.0921. The van der Waals surface area contributed by atoms with Crippen molar-refractivity contribution in [2.24, 2.45) is 5.73 Å². The van der Waals surface area contributed by atoms with Crippen LogP contribution in [-0.2, 0) is 0 Å². The van der Waals surface area contributed by atoms with Crippen molar-refractivity contribution < 1.29 is 14.4 Å². The quantitative estimate of drug-likeness (QED) is 0.555. The summed E-state index contributed by atoms with van der Waals surface area (Å²) in [7, 11) is 2.07. The Bertz CT molecular complexity index is 1200. The zero-order valence-electron chi connectivity index (χ0n) is 21.8. The van der Waals surface area contributed by atoms with E-state index in [0.717, 1.165) is 56.6 Å². The van der Waals surface area contributed by atoms with Gasteiger partial charge in [0.15, 0.2) is 0 Å². The number of anilines is 1. The van der Waals surface area contributed by atoms with Gasteiger partial charge in [0.05, 0.1) is 5.56 Å². The Morgan fingerprint density at radius 2 is 1.57 bits per heavy atom. The molecular weight excluding hydrogens is 468 g/mol. The summed E-state index contributed by atoms with van der Waals surface area (Å²) in [5.41, 5.74) is 8.51. The Morgan fingerprint density at radius 1 is 0.919 bits per heavy atom. The second-order valence-electron chi connectivity index (χ2n) is 10.9. The molecule has 3 fully saturated rings. The molecule has 196 valence electrons. The molecule has 3 saturated heterocycles. The molecular formula is C28H36N6O3. The maximum atomic E-state index is 13.1.